The number of nitrogens with zero attached hydrogens (tertiary/aromatic N) is 3. The van der Waals surface area contributed by atoms with E-state index in [0.717, 1.165) is 36.4 Å². The lowest BCUT2D eigenvalue weighted by Crippen LogP contribution is -2.37. The maximum Gasteiger partial charge on any atom is 0.257 e. The molecule has 0 aliphatic carbocycles. The van der Waals surface area contributed by atoms with Crippen molar-refractivity contribution in [2.45, 2.75) is 31.8 Å². The number of aromatic nitrogens is 2. The van der Waals surface area contributed by atoms with Crippen LogP contribution in [0.4, 0.5) is 0 Å². The van der Waals surface area contributed by atoms with Crippen LogP contribution in [0, 0.1) is 0 Å². The highest BCUT2D eigenvalue weighted by molar-refractivity contribution is 5.76. The quantitative estimate of drug-likeness (QED) is 0.619. The molecule has 2 heterocycles. The standard InChI is InChI=1S/C23H26N4O3/c1-29-20-10-6-5-7-17(20)11-12-22(28)24-19-13-14-27(15-19)16-21-25-23(30-26-21)18-8-3-2-4-9-18/h2-10,19H,11-16H2,1H3,(H,24,28). The van der Waals surface area contributed by atoms with Crippen molar-refractivity contribution in [3.63, 3.8) is 0 Å². The van der Waals surface area contributed by atoms with Gasteiger partial charge in [-0.3, -0.25) is 9.69 Å². The number of nitrogens with one attached hydrogen (secondary N) is 1. The number of aryl methyl sites for hydroxylation is 1. The summed E-state index contributed by atoms with van der Waals surface area (Å²) in [4.78, 5) is 19.1. The van der Waals surface area contributed by atoms with Gasteiger partial charge in [0.2, 0.25) is 5.91 Å². The molecule has 1 N–H and O–H groups in total. The second-order valence-electron chi connectivity index (χ2n) is 7.48. The van der Waals surface area contributed by atoms with Gasteiger partial charge >= 0.3 is 0 Å². The highest BCUT2D eigenvalue weighted by Gasteiger charge is 2.25. The summed E-state index contributed by atoms with van der Waals surface area (Å²) in [6, 6.07) is 17.7. The molecule has 1 aliphatic rings. The van der Waals surface area contributed by atoms with Gasteiger partial charge in [0.1, 0.15) is 5.75 Å². The largest absolute Gasteiger partial charge is 0.496 e. The number of benzene rings is 2. The minimum Gasteiger partial charge on any atom is -0.496 e. The monoisotopic (exact) mass is 406 g/mol. The number of rotatable bonds is 8. The molecule has 1 fully saturated rings. The van der Waals surface area contributed by atoms with Crippen molar-refractivity contribution in [3.8, 4) is 17.2 Å². The molecular weight excluding hydrogens is 380 g/mol. The Morgan fingerprint density at radius 1 is 1.20 bits per heavy atom. The molecule has 1 saturated heterocycles. The third-order valence-electron chi connectivity index (χ3n) is 5.31. The number of hydrogen-bond acceptors (Lipinski definition) is 6. The zero-order valence-corrected chi connectivity index (χ0v) is 17.1. The Labute approximate surface area is 176 Å². The van der Waals surface area contributed by atoms with Gasteiger partial charge in [-0.1, -0.05) is 41.6 Å². The highest BCUT2D eigenvalue weighted by atomic mass is 16.5. The molecule has 7 nitrogen and oxygen atoms in total. The number of methoxy groups -OCH3 is 1. The van der Waals surface area contributed by atoms with E-state index in [2.05, 4.69) is 20.4 Å². The highest BCUT2D eigenvalue weighted by Crippen LogP contribution is 2.20. The first kappa shape index (κ1) is 20.1. The molecule has 1 aliphatic heterocycles. The van der Waals surface area contributed by atoms with Crippen LogP contribution in [0.2, 0.25) is 0 Å². The molecule has 0 bridgehead atoms. The molecule has 2 aromatic carbocycles. The third-order valence-corrected chi connectivity index (χ3v) is 5.31. The smallest absolute Gasteiger partial charge is 0.257 e. The van der Waals surface area contributed by atoms with Crippen LogP contribution in [0.15, 0.2) is 59.1 Å². The summed E-state index contributed by atoms with van der Waals surface area (Å²) in [6.45, 7) is 2.30. The van der Waals surface area contributed by atoms with Crippen molar-refractivity contribution < 1.29 is 14.1 Å². The van der Waals surface area contributed by atoms with Gasteiger partial charge in [0.05, 0.1) is 13.7 Å². The number of likely N-dealkylation sites (tertiary alicyclic amines) is 1. The van der Waals surface area contributed by atoms with Crippen LogP contribution in [0.5, 0.6) is 5.75 Å². The fourth-order valence-corrected chi connectivity index (χ4v) is 3.77. The fourth-order valence-electron chi connectivity index (χ4n) is 3.77. The lowest BCUT2D eigenvalue weighted by Gasteiger charge is -2.15. The zero-order chi connectivity index (χ0) is 20.8. The average Bonchev–Trinajstić information content (AvgIpc) is 3.43. The van der Waals surface area contributed by atoms with E-state index >= 15 is 0 Å². The van der Waals surface area contributed by atoms with Crippen LogP contribution in [0.25, 0.3) is 11.5 Å². The van der Waals surface area contributed by atoms with Gasteiger partial charge in [-0.25, -0.2) is 0 Å². The first-order valence-electron chi connectivity index (χ1n) is 10.2. The van der Waals surface area contributed by atoms with Gasteiger partial charge in [0.15, 0.2) is 5.82 Å². The SMILES string of the molecule is COc1ccccc1CCC(=O)NC1CCN(Cc2noc(-c3ccccc3)n2)C1. The van der Waals surface area contributed by atoms with E-state index in [1.165, 1.54) is 0 Å². The van der Waals surface area contributed by atoms with E-state index in [-0.39, 0.29) is 11.9 Å². The number of amides is 1. The van der Waals surface area contributed by atoms with E-state index in [9.17, 15) is 4.79 Å². The van der Waals surface area contributed by atoms with Crippen LogP contribution in [0.1, 0.15) is 24.2 Å². The maximum absolute atomic E-state index is 12.4. The van der Waals surface area contributed by atoms with Crippen molar-refractivity contribution >= 4 is 5.91 Å². The van der Waals surface area contributed by atoms with Crippen molar-refractivity contribution in [2.24, 2.45) is 0 Å². The van der Waals surface area contributed by atoms with Gasteiger partial charge in [-0.05, 0) is 36.6 Å². The Balaban J connectivity index is 1.24. The van der Waals surface area contributed by atoms with E-state index < -0.39 is 0 Å². The summed E-state index contributed by atoms with van der Waals surface area (Å²) >= 11 is 0. The number of carbonyl (C=O) groups excluding carboxylic acids is 1. The van der Waals surface area contributed by atoms with Crippen molar-refractivity contribution in [2.75, 3.05) is 20.2 Å². The van der Waals surface area contributed by atoms with Crippen molar-refractivity contribution in [1.82, 2.24) is 20.4 Å². The summed E-state index contributed by atoms with van der Waals surface area (Å²) < 4.78 is 10.7. The second-order valence-corrected chi connectivity index (χ2v) is 7.48. The number of hydrogen-bond donors (Lipinski definition) is 1. The summed E-state index contributed by atoms with van der Waals surface area (Å²) in [5, 5.41) is 7.24. The fraction of sp³-hybridized carbons (Fsp3) is 0.348. The molecule has 0 radical (unpaired) electrons. The molecule has 1 amide bonds. The van der Waals surface area contributed by atoms with Crippen LogP contribution in [-0.4, -0.2) is 47.2 Å². The summed E-state index contributed by atoms with van der Waals surface area (Å²) in [7, 11) is 1.65. The second kappa shape index (κ2) is 9.54. The Morgan fingerprint density at radius 2 is 2.00 bits per heavy atom. The zero-order valence-electron chi connectivity index (χ0n) is 17.1. The Bertz CT molecular complexity index is 973. The minimum atomic E-state index is 0.0682. The van der Waals surface area contributed by atoms with Gasteiger partial charge in [0, 0.05) is 31.1 Å². The van der Waals surface area contributed by atoms with Crippen molar-refractivity contribution in [3.05, 3.63) is 66.0 Å². The molecule has 0 saturated carbocycles. The molecule has 4 rings (SSSR count). The first-order valence-corrected chi connectivity index (χ1v) is 10.2. The lowest BCUT2D eigenvalue weighted by atomic mass is 10.1. The summed E-state index contributed by atoms with van der Waals surface area (Å²) in [5.41, 5.74) is 1.97. The predicted octanol–water partition coefficient (Wildman–Crippen LogP) is 3.07. The van der Waals surface area contributed by atoms with Gasteiger partial charge in [-0.2, -0.15) is 4.98 Å². The van der Waals surface area contributed by atoms with E-state index in [1.54, 1.807) is 7.11 Å². The number of carbonyl (C=O) groups is 1. The molecule has 30 heavy (non-hydrogen) atoms. The van der Waals surface area contributed by atoms with E-state index in [1.807, 2.05) is 54.6 Å². The molecule has 1 atom stereocenters. The molecule has 1 aromatic heterocycles. The van der Waals surface area contributed by atoms with Gasteiger partial charge < -0.3 is 14.6 Å². The van der Waals surface area contributed by atoms with Crippen LogP contribution >= 0.6 is 0 Å². The molecule has 0 spiro atoms. The molecule has 7 heteroatoms. The number of ether oxygens (including phenoxy) is 1. The van der Waals surface area contributed by atoms with Gasteiger partial charge in [-0.15, -0.1) is 0 Å². The normalized spacial score (nSPS) is 16.5. The Morgan fingerprint density at radius 3 is 2.83 bits per heavy atom. The maximum atomic E-state index is 12.4. The lowest BCUT2D eigenvalue weighted by molar-refractivity contribution is -0.121. The predicted molar refractivity (Wildman–Crippen MR) is 113 cm³/mol. The first-order chi connectivity index (χ1) is 14.7. The van der Waals surface area contributed by atoms with E-state index in [0.29, 0.717) is 31.1 Å². The molecule has 156 valence electrons. The third kappa shape index (κ3) is 5.04. The number of para-hydroxylation sites is 1. The van der Waals surface area contributed by atoms with Gasteiger partial charge in [0.25, 0.3) is 5.89 Å². The Hall–Kier alpha value is -3.19. The minimum absolute atomic E-state index is 0.0682. The van der Waals surface area contributed by atoms with E-state index in [4.69, 9.17) is 9.26 Å². The molecule has 3 aromatic rings. The average molecular weight is 406 g/mol. The molecular formula is C23H26N4O3. The van der Waals surface area contributed by atoms with Crippen LogP contribution < -0.4 is 10.1 Å². The van der Waals surface area contributed by atoms with Crippen molar-refractivity contribution in [1.29, 1.82) is 0 Å². The topological polar surface area (TPSA) is 80.5 Å². The Kier molecular flexibility index (Phi) is 6.39. The molecule has 1 unspecified atom stereocenters. The summed E-state index contributed by atoms with van der Waals surface area (Å²) in [5.74, 6) is 2.09. The van der Waals surface area contributed by atoms with Crippen LogP contribution in [0.3, 0.4) is 0 Å². The summed E-state index contributed by atoms with van der Waals surface area (Å²) in [6.07, 6.45) is 2.03. The van der Waals surface area contributed by atoms with Crippen LogP contribution in [-0.2, 0) is 17.8 Å².